The van der Waals surface area contributed by atoms with Gasteiger partial charge in [0.2, 0.25) is 5.75 Å². The van der Waals surface area contributed by atoms with Gasteiger partial charge in [0.1, 0.15) is 5.36 Å². The van der Waals surface area contributed by atoms with E-state index in [0.29, 0.717) is 58.4 Å². The summed E-state index contributed by atoms with van der Waals surface area (Å²) in [5.41, 5.74) is 11.0. The zero-order valence-electron chi connectivity index (χ0n) is 31.2. The van der Waals surface area contributed by atoms with Gasteiger partial charge < -0.3 is 45.5 Å². The fraction of sp³-hybridized carbons (Fsp3) is 0.400. The van der Waals surface area contributed by atoms with Crippen molar-refractivity contribution in [3.8, 4) is 17.2 Å². The minimum Gasteiger partial charge on any atom is -0.875 e. The molecule has 2 aliphatic heterocycles. The van der Waals surface area contributed by atoms with Crippen LogP contribution in [0.2, 0.25) is 0 Å². The van der Waals surface area contributed by atoms with Crippen LogP contribution in [0.4, 0.5) is 11.4 Å². The van der Waals surface area contributed by atoms with Crippen molar-refractivity contribution in [1.82, 2.24) is 0 Å². The zero-order chi connectivity index (χ0) is 40.8. The number of halogens is 2. The Labute approximate surface area is 331 Å². The number of nitrogens with zero attached hydrogens (tertiary/aromatic N) is 2. The summed E-state index contributed by atoms with van der Waals surface area (Å²) in [6.45, 7) is 9.89. The molecule has 4 rings (SSSR count). The van der Waals surface area contributed by atoms with E-state index in [1.807, 2.05) is 18.2 Å². The number of benzene rings is 2. The molecule has 2 aliphatic rings. The first kappa shape index (κ1) is 50.0. The molecule has 1 unspecified atom stereocenters. The summed E-state index contributed by atoms with van der Waals surface area (Å²) < 4.78 is 50.3. The van der Waals surface area contributed by atoms with Gasteiger partial charge in [0.15, 0.2) is 23.1 Å². The summed E-state index contributed by atoms with van der Waals surface area (Å²) in [6, 6.07) is 7.67. The van der Waals surface area contributed by atoms with Gasteiger partial charge in [0.25, 0.3) is 0 Å². The van der Waals surface area contributed by atoms with Gasteiger partial charge >= 0.3 is 16.8 Å². The number of hydrogen-bond acceptors (Lipinski definition) is 15. The fourth-order valence-electron chi connectivity index (χ4n) is 4.61. The van der Waals surface area contributed by atoms with Gasteiger partial charge in [0.05, 0.1) is 27.0 Å². The number of carbonyl (C=O) groups excluding carboxylic acids is 2. The van der Waals surface area contributed by atoms with Crippen LogP contribution in [-0.4, -0.2) is 58.4 Å². The number of alkyl halides is 1. The van der Waals surface area contributed by atoms with E-state index in [4.69, 9.17) is 50.2 Å². The maximum absolute atomic E-state index is 13.5. The first-order valence-electron chi connectivity index (χ1n) is 15.7. The Bertz CT molecular complexity index is 1800. The predicted octanol–water partition coefficient (Wildman–Crippen LogP) is -2.34. The molecule has 19 heteroatoms. The molecule has 0 fully saturated rings. The number of ketones is 2. The van der Waals surface area contributed by atoms with Crippen molar-refractivity contribution < 1.29 is 84.8 Å². The van der Waals surface area contributed by atoms with Gasteiger partial charge in [-0.15, -0.1) is 39.9 Å². The fourth-order valence-corrected chi connectivity index (χ4v) is 4.87. The standard InChI is InChI=1S/C23H26ClN4O4.2C6H10O2.ClHO4.Co/c1-30-19-9-13-8-17(27-20(13)22(32-3)21(19)31-2)23(29)28-12-14(11-24)16-5-4-15(10-18(16)28)26-7-6-25;2*1-4(5(2)7)6(3)8;2-1(3,4)5;/h4-5,8-10,14,25-26,29H,6-7,11-12H2,1-3H3;2*7H,1-3H3;(H,2,3,4,5);/q-1;;;;+3/p-4/b23-17+;2*5-4-;;. The molecule has 0 bridgehead atoms. The number of carbonyl (C=O) groups is 2. The zero-order valence-corrected chi connectivity index (χ0v) is 33.7. The number of Topliss-reactive ketones (excluding diaryl/α,β-unsaturated/α-hetero) is 2. The molecule has 2 heterocycles. The van der Waals surface area contributed by atoms with E-state index in [1.165, 1.54) is 55.8 Å². The van der Waals surface area contributed by atoms with E-state index < -0.39 is 10.2 Å². The molecule has 0 spiro atoms. The van der Waals surface area contributed by atoms with Crippen LogP contribution in [0.15, 0.2) is 63.5 Å². The largest absolute Gasteiger partial charge is 3.00 e. The Hall–Kier alpha value is -4.04. The Morgan fingerprint density at radius 3 is 1.81 bits per heavy atom. The number of rotatable bonds is 10. The molecule has 2 aromatic rings. The van der Waals surface area contributed by atoms with Crippen molar-refractivity contribution >= 4 is 40.6 Å². The molecule has 0 radical (unpaired) electrons. The monoisotopic (exact) mass is 840 g/mol. The molecule has 0 saturated carbocycles. The van der Waals surface area contributed by atoms with Crippen molar-refractivity contribution in [3.05, 3.63) is 80.4 Å². The van der Waals surface area contributed by atoms with Crippen LogP contribution >= 0.6 is 11.6 Å². The molecule has 0 aliphatic carbocycles. The Kier molecular flexibility index (Phi) is 21.3. The second kappa shape index (κ2) is 23.0. The van der Waals surface area contributed by atoms with E-state index in [9.17, 15) is 24.9 Å². The number of anilines is 2. The number of fused-ring (bicyclic) bond motifs is 2. The van der Waals surface area contributed by atoms with Crippen molar-refractivity contribution in [2.45, 2.75) is 47.5 Å². The van der Waals surface area contributed by atoms with Gasteiger partial charge in [-0.3, -0.25) is 9.59 Å². The Morgan fingerprint density at radius 1 is 0.907 bits per heavy atom. The first-order chi connectivity index (χ1) is 24.7. The molecule has 16 nitrogen and oxygen atoms in total. The molecule has 300 valence electrons. The summed E-state index contributed by atoms with van der Waals surface area (Å²) in [4.78, 5) is 27.0. The molecule has 0 aromatic heterocycles. The summed E-state index contributed by atoms with van der Waals surface area (Å²) in [5.74, 6) is 1.02. The molecular formula is C35H43Cl2CoN4O12-2. The Balaban J connectivity index is 0.00000105. The molecule has 0 amide bonds. The van der Waals surface area contributed by atoms with Crippen LogP contribution in [0.1, 0.15) is 53.0 Å². The third-order valence-corrected chi connectivity index (χ3v) is 8.11. The Morgan fingerprint density at radius 2 is 1.43 bits per heavy atom. The second-order valence-corrected chi connectivity index (χ2v) is 12.4. The number of allylic oxidation sites excluding steroid dienone is 5. The molecule has 2 N–H and O–H groups in total. The SMILES string of the molecule is CC(=O)/C(C)=C(/C)[O-].CC(=O)/C(C)=C(/C)[O-].COc1cc2c(c(OC)c1OC)=N/C(=C(/[O-])N1CC(CCl)c3ccc(NCC[NH-])cc31)C=2.[Co+3].[O-][Cl+3]([O-])([O-])[O-]. The topological polar surface area (TPSA) is 275 Å². The maximum atomic E-state index is 13.5. The normalized spacial score (nSPS) is 15.5. The minimum absolute atomic E-state index is 0. The van der Waals surface area contributed by atoms with Crippen LogP contribution in [0.25, 0.3) is 11.8 Å². The molecule has 0 saturated heterocycles. The van der Waals surface area contributed by atoms with Crippen LogP contribution in [0, 0.1) is 10.2 Å². The van der Waals surface area contributed by atoms with Gasteiger partial charge in [-0.1, -0.05) is 19.9 Å². The average Bonchev–Trinajstić information content (AvgIpc) is 3.69. The number of hydrogen-bond donors (Lipinski definition) is 1. The quantitative estimate of drug-likeness (QED) is 0.149. The minimum atomic E-state index is -4.94. The maximum Gasteiger partial charge on any atom is 3.00 e. The van der Waals surface area contributed by atoms with E-state index in [-0.39, 0.29) is 58.2 Å². The first-order valence-corrected chi connectivity index (χ1v) is 17.4. The number of nitrogens with one attached hydrogen (secondary N) is 2. The van der Waals surface area contributed by atoms with Crippen molar-refractivity contribution in [1.29, 1.82) is 0 Å². The third-order valence-electron chi connectivity index (χ3n) is 7.74. The number of ether oxygens (including phenoxy) is 3. The van der Waals surface area contributed by atoms with Gasteiger partial charge in [-0.25, -0.2) is 23.6 Å². The smallest absolute Gasteiger partial charge is 0.875 e. The van der Waals surface area contributed by atoms with E-state index in [0.717, 1.165) is 22.2 Å². The summed E-state index contributed by atoms with van der Waals surface area (Å²) in [7, 11) is -0.341. The summed E-state index contributed by atoms with van der Waals surface area (Å²) in [6.07, 6.45) is 1.73. The van der Waals surface area contributed by atoms with Crippen LogP contribution in [0.5, 0.6) is 17.2 Å². The van der Waals surface area contributed by atoms with Gasteiger partial charge in [-0.2, -0.15) is 0 Å². The van der Waals surface area contributed by atoms with Crippen molar-refractivity contribution in [3.63, 3.8) is 0 Å². The van der Waals surface area contributed by atoms with Crippen molar-refractivity contribution in [2.75, 3.05) is 57.1 Å². The predicted molar refractivity (Wildman–Crippen MR) is 181 cm³/mol. The summed E-state index contributed by atoms with van der Waals surface area (Å²) >= 11 is 6.21. The van der Waals surface area contributed by atoms with Crippen LogP contribution in [-0.2, 0) is 26.4 Å². The van der Waals surface area contributed by atoms with Crippen molar-refractivity contribution in [2.24, 2.45) is 4.99 Å². The van der Waals surface area contributed by atoms with Crippen LogP contribution in [0.3, 0.4) is 0 Å². The second-order valence-electron chi connectivity index (χ2n) is 11.3. The van der Waals surface area contributed by atoms with Gasteiger partial charge in [-0.05, 0) is 81.1 Å². The molecular weight excluding hydrogens is 798 g/mol. The summed E-state index contributed by atoms with van der Waals surface area (Å²) in [5, 5.41) is 38.7. The average molecular weight is 842 g/mol. The van der Waals surface area contributed by atoms with Gasteiger partial charge in [0, 0.05) is 34.9 Å². The molecule has 1 atom stereocenters. The molecule has 54 heavy (non-hydrogen) atoms. The van der Waals surface area contributed by atoms with E-state index in [1.54, 1.807) is 24.2 Å². The number of methoxy groups -OCH3 is 3. The third kappa shape index (κ3) is 14.7. The van der Waals surface area contributed by atoms with E-state index >= 15 is 0 Å². The molecule has 2 aromatic carbocycles. The van der Waals surface area contributed by atoms with E-state index in [2.05, 4.69) is 10.3 Å². The van der Waals surface area contributed by atoms with Crippen LogP contribution < -0.4 is 69.0 Å².